The zero-order valence-electron chi connectivity index (χ0n) is 7.46. The van der Waals surface area contributed by atoms with Gasteiger partial charge >= 0.3 is 0 Å². The van der Waals surface area contributed by atoms with Crippen LogP contribution in [0.3, 0.4) is 0 Å². The van der Waals surface area contributed by atoms with Gasteiger partial charge in [0.25, 0.3) is 0 Å². The largest absolute Gasteiger partial charge is 0.321 e. The molecule has 0 radical (unpaired) electrons. The van der Waals surface area contributed by atoms with Crippen molar-refractivity contribution in [3.8, 4) is 0 Å². The van der Waals surface area contributed by atoms with E-state index in [0.29, 0.717) is 12.8 Å². The van der Waals surface area contributed by atoms with Gasteiger partial charge in [-0.15, -0.1) is 6.58 Å². The fraction of sp³-hybridized carbons (Fsp3) is 0.700. The predicted molar refractivity (Wildman–Crippen MR) is 49.8 cm³/mol. The summed E-state index contributed by atoms with van der Waals surface area (Å²) in [4.78, 5) is 11.3. The average molecular weight is 167 g/mol. The minimum absolute atomic E-state index is 0.196. The maximum atomic E-state index is 11.3. The van der Waals surface area contributed by atoms with Crippen molar-refractivity contribution >= 4 is 5.78 Å². The molecule has 0 saturated heterocycles. The lowest BCUT2D eigenvalue weighted by atomic mass is 10.0. The maximum absolute atomic E-state index is 11.3. The van der Waals surface area contributed by atoms with Gasteiger partial charge < -0.3 is 5.73 Å². The second-order valence-electron chi connectivity index (χ2n) is 3.58. The molecule has 0 aromatic heterocycles. The number of ketones is 1. The number of hydrogen-bond acceptors (Lipinski definition) is 2. The van der Waals surface area contributed by atoms with E-state index in [1.807, 2.05) is 0 Å². The molecular formula is C10H17NO. The molecule has 1 aliphatic rings. The quantitative estimate of drug-likeness (QED) is 0.611. The highest BCUT2D eigenvalue weighted by Crippen LogP contribution is 2.33. The molecule has 0 bridgehead atoms. The van der Waals surface area contributed by atoms with Gasteiger partial charge in [-0.2, -0.15) is 0 Å². The Balaban J connectivity index is 2.11. The summed E-state index contributed by atoms with van der Waals surface area (Å²) in [7, 11) is 0. The number of Topliss-reactive ketones (excluding diaryl/α,β-unsaturated/α-hetero) is 1. The third kappa shape index (κ3) is 3.18. The van der Waals surface area contributed by atoms with Gasteiger partial charge in [0.15, 0.2) is 0 Å². The standard InChI is InChI=1S/C10H17NO/c1-2-3-9(11)10(12)7-6-8-4-5-8/h2,8-9H,1,3-7,11H2. The summed E-state index contributed by atoms with van der Waals surface area (Å²) in [5.74, 6) is 1.02. The van der Waals surface area contributed by atoms with Crippen LogP contribution in [0.5, 0.6) is 0 Å². The molecule has 1 rings (SSSR count). The Kier molecular flexibility index (Phi) is 3.48. The molecule has 1 saturated carbocycles. The van der Waals surface area contributed by atoms with Crippen molar-refractivity contribution in [1.29, 1.82) is 0 Å². The van der Waals surface area contributed by atoms with Crippen molar-refractivity contribution in [2.45, 2.75) is 38.1 Å². The molecule has 1 aliphatic carbocycles. The molecule has 2 N–H and O–H groups in total. The first kappa shape index (κ1) is 9.46. The lowest BCUT2D eigenvalue weighted by molar-refractivity contribution is -0.120. The minimum atomic E-state index is -0.304. The molecule has 68 valence electrons. The predicted octanol–water partition coefficient (Wildman–Crippen LogP) is 1.65. The molecule has 12 heavy (non-hydrogen) atoms. The molecule has 1 unspecified atom stereocenters. The Bertz CT molecular complexity index is 173. The van der Waals surface area contributed by atoms with Crippen LogP contribution in [-0.4, -0.2) is 11.8 Å². The van der Waals surface area contributed by atoms with Crippen molar-refractivity contribution < 1.29 is 4.79 Å². The molecule has 0 aliphatic heterocycles. The first-order valence-corrected chi connectivity index (χ1v) is 4.63. The van der Waals surface area contributed by atoms with Crippen LogP contribution in [0.2, 0.25) is 0 Å². The Hall–Kier alpha value is -0.630. The number of carbonyl (C=O) groups excluding carboxylic acids is 1. The van der Waals surface area contributed by atoms with Crippen molar-refractivity contribution in [3.63, 3.8) is 0 Å². The normalized spacial score (nSPS) is 18.8. The van der Waals surface area contributed by atoms with E-state index >= 15 is 0 Å². The molecule has 1 fully saturated rings. The highest BCUT2D eigenvalue weighted by molar-refractivity contribution is 5.83. The fourth-order valence-electron chi connectivity index (χ4n) is 1.25. The summed E-state index contributed by atoms with van der Waals surface area (Å²) in [6.07, 6.45) is 6.65. The van der Waals surface area contributed by atoms with E-state index in [1.165, 1.54) is 12.8 Å². The fourth-order valence-corrected chi connectivity index (χ4v) is 1.25. The van der Waals surface area contributed by atoms with Gasteiger partial charge in [0.05, 0.1) is 6.04 Å². The van der Waals surface area contributed by atoms with Crippen LogP contribution in [0.15, 0.2) is 12.7 Å². The van der Waals surface area contributed by atoms with Crippen LogP contribution in [0.25, 0.3) is 0 Å². The first-order valence-electron chi connectivity index (χ1n) is 4.63. The van der Waals surface area contributed by atoms with E-state index in [-0.39, 0.29) is 11.8 Å². The third-order valence-electron chi connectivity index (χ3n) is 2.33. The van der Waals surface area contributed by atoms with Crippen molar-refractivity contribution in [2.75, 3.05) is 0 Å². The van der Waals surface area contributed by atoms with Gasteiger partial charge in [0.2, 0.25) is 0 Å². The van der Waals surface area contributed by atoms with E-state index in [9.17, 15) is 4.79 Å². The van der Waals surface area contributed by atoms with Gasteiger partial charge in [-0.1, -0.05) is 18.9 Å². The minimum Gasteiger partial charge on any atom is -0.321 e. The second kappa shape index (κ2) is 4.41. The monoisotopic (exact) mass is 167 g/mol. The summed E-state index contributed by atoms with van der Waals surface area (Å²) in [6, 6.07) is -0.304. The Morgan fingerprint density at radius 1 is 1.67 bits per heavy atom. The maximum Gasteiger partial charge on any atom is 0.149 e. The molecular weight excluding hydrogens is 150 g/mol. The lowest BCUT2D eigenvalue weighted by Crippen LogP contribution is -2.29. The van der Waals surface area contributed by atoms with E-state index in [1.54, 1.807) is 6.08 Å². The molecule has 1 atom stereocenters. The lowest BCUT2D eigenvalue weighted by Gasteiger charge is -2.06. The molecule has 0 heterocycles. The summed E-state index contributed by atoms with van der Waals surface area (Å²) in [5.41, 5.74) is 5.61. The van der Waals surface area contributed by atoms with Crippen molar-refractivity contribution in [3.05, 3.63) is 12.7 Å². The third-order valence-corrected chi connectivity index (χ3v) is 2.33. The van der Waals surface area contributed by atoms with Crippen LogP contribution >= 0.6 is 0 Å². The molecule has 0 amide bonds. The average Bonchev–Trinajstić information content (AvgIpc) is 2.83. The van der Waals surface area contributed by atoms with Crippen molar-refractivity contribution in [2.24, 2.45) is 11.7 Å². The Morgan fingerprint density at radius 3 is 2.83 bits per heavy atom. The van der Waals surface area contributed by atoms with E-state index in [2.05, 4.69) is 6.58 Å². The number of carbonyl (C=O) groups is 1. The number of rotatable bonds is 6. The summed E-state index contributed by atoms with van der Waals surface area (Å²) in [5, 5.41) is 0. The molecule has 2 nitrogen and oxygen atoms in total. The topological polar surface area (TPSA) is 43.1 Å². The SMILES string of the molecule is C=CCC(N)C(=O)CCC1CC1. The van der Waals surface area contributed by atoms with Crippen LogP contribution in [0.4, 0.5) is 0 Å². The van der Waals surface area contributed by atoms with Gasteiger partial charge in [0.1, 0.15) is 5.78 Å². The van der Waals surface area contributed by atoms with E-state index in [4.69, 9.17) is 5.73 Å². The van der Waals surface area contributed by atoms with Gasteiger partial charge in [-0.05, 0) is 18.8 Å². The zero-order valence-corrected chi connectivity index (χ0v) is 7.46. The summed E-state index contributed by atoms with van der Waals surface area (Å²) in [6.45, 7) is 3.56. The van der Waals surface area contributed by atoms with Crippen LogP contribution in [0.1, 0.15) is 32.1 Å². The molecule has 2 heteroatoms. The van der Waals surface area contributed by atoms with Crippen LogP contribution < -0.4 is 5.73 Å². The second-order valence-corrected chi connectivity index (χ2v) is 3.58. The van der Waals surface area contributed by atoms with Crippen LogP contribution in [-0.2, 0) is 4.79 Å². The van der Waals surface area contributed by atoms with Gasteiger partial charge in [-0.25, -0.2) is 0 Å². The molecule has 0 aromatic rings. The molecule has 0 aromatic carbocycles. The van der Waals surface area contributed by atoms with E-state index in [0.717, 1.165) is 12.3 Å². The number of hydrogen-bond donors (Lipinski definition) is 1. The van der Waals surface area contributed by atoms with Crippen molar-refractivity contribution in [1.82, 2.24) is 0 Å². The first-order chi connectivity index (χ1) is 5.74. The van der Waals surface area contributed by atoms with E-state index < -0.39 is 0 Å². The highest BCUT2D eigenvalue weighted by atomic mass is 16.1. The highest BCUT2D eigenvalue weighted by Gasteiger charge is 2.23. The Morgan fingerprint density at radius 2 is 2.33 bits per heavy atom. The molecule has 0 spiro atoms. The summed E-state index contributed by atoms with van der Waals surface area (Å²) >= 11 is 0. The summed E-state index contributed by atoms with van der Waals surface area (Å²) < 4.78 is 0. The van der Waals surface area contributed by atoms with Gasteiger partial charge in [-0.3, -0.25) is 4.79 Å². The smallest absolute Gasteiger partial charge is 0.149 e. The van der Waals surface area contributed by atoms with Crippen LogP contribution in [0, 0.1) is 5.92 Å². The van der Waals surface area contributed by atoms with Gasteiger partial charge in [0, 0.05) is 6.42 Å². The Labute approximate surface area is 73.8 Å². The zero-order chi connectivity index (χ0) is 8.97. The number of nitrogens with two attached hydrogens (primary N) is 1.